The monoisotopic (exact) mass is 445 g/mol. The number of fused-ring (bicyclic) bond motifs is 1. The molecule has 0 saturated carbocycles. The first kappa shape index (κ1) is 22.2. The van der Waals surface area contributed by atoms with Crippen molar-refractivity contribution in [1.82, 2.24) is 15.1 Å². The molecule has 3 aromatic carbocycles. The van der Waals surface area contributed by atoms with Gasteiger partial charge < -0.3 is 10.4 Å². The fraction of sp³-hybridized carbons (Fsp3) is 0.192. The molecule has 4 rings (SSSR count). The maximum atomic E-state index is 13.3. The van der Waals surface area contributed by atoms with Crippen LogP contribution >= 0.6 is 0 Å². The summed E-state index contributed by atoms with van der Waals surface area (Å²) >= 11 is 0. The Morgan fingerprint density at radius 1 is 1.03 bits per heavy atom. The number of hydrogen-bond acceptors (Lipinski definition) is 3. The largest absolute Gasteiger partial charge is 0.474 e. The molecule has 0 fully saturated rings. The molecule has 2 N–H and O–H groups in total. The van der Waals surface area contributed by atoms with Crippen molar-refractivity contribution in [3.63, 3.8) is 0 Å². The Balaban J connectivity index is 1.74. The lowest BCUT2D eigenvalue weighted by atomic mass is 9.71. The van der Waals surface area contributed by atoms with E-state index in [-0.39, 0.29) is 18.3 Å². The van der Waals surface area contributed by atoms with E-state index in [0.717, 1.165) is 27.7 Å². The third kappa shape index (κ3) is 4.62. The minimum absolute atomic E-state index is 0.119. The van der Waals surface area contributed by atoms with E-state index in [1.54, 1.807) is 23.0 Å². The van der Waals surface area contributed by atoms with E-state index in [1.165, 1.54) is 12.1 Å². The third-order valence-corrected chi connectivity index (χ3v) is 5.81. The van der Waals surface area contributed by atoms with Crippen LogP contribution in [0.2, 0.25) is 0 Å². The van der Waals surface area contributed by atoms with Crippen molar-refractivity contribution in [2.24, 2.45) is 5.41 Å². The van der Waals surface area contributed by atoms with Gasteiger partial charge >= 0.3 is 11.9 Å². The second-order valence-electron chi connectivity index (χ2n) is 8.67. The highest BCUT2D eigenvalue weighted by molar-refractivity contribution is 6.31. The topological polar surface area (TPSA) is 84.2 Å². The van der Waals surface area contributed by atoms with Gasteiger partial charge in [0.2, 0.25) is 0 Å². The Kier molecular flexibility index (Phi) is 5.96. The maximum Gasteiger partial charge on any atom is 0.394 e. The number of carbonyl (C=O) groups excluding carboxylic acids is 1. The van der Waals surface area contributed by atoms with Crippen LogP contribution in [0, 0.1) is 11.2 Å². The molecule has 1 aromatic heterocycles. The molecule has 7 heteroatoms. The molecule has 0 saturated heterocycles. The van der Waals surface area contributed by atoms with Crippen molar-refractivity contribution in [2.75, 3.05) is 6.54 Å². The van der Waals surface area contributed by atoms with E-state index >= 15 is 0 Å². The Labute approximate surface area is 190 Å². The number of aliphatic carboxylic acids is 1. The molecule has 33 heavy (non-hydrogen) atoms. The number of carboxylic acid groups (broad SMARTS) is 1. The van der Waals surface area contributed by atoms with Crippen LogP contribution in [0.25, 0.3) is 16.6 Å². The van der Waals surface area contributed by atoms with Gasteiger partial charge in [0.25, 0.3) is 0 Å². The van der Waals surface area contributed by atoms with Gasteiger partial charge in [-0.1, -0.05) is 50.2 Å². The van der Waals surface area contributed by atoms with Crippen molar-refractivity contribution in [3.05, 3.63) is 95.9 Å². The minimum atomic E-state index is -1.50. The molecule has 1 heterocycles. The smallest absolute Gasteiger partial charge is 0.394 e. The number of carbonyl (C=O) groups is 2. The zero-order valence-electron chi connectivity index (χ0n) is 18.3. The first-order chi connectivity index (χ1) is 15.8. The minimum Gasteiger partial charge on any atom is -0.474 e. The lowest BCUT2D eigenvalue weighted by Gasteiger charge is -2.35. The van der Waals surface area contributed by atoms with Gasteiger partial charge in [-0.15, -0.1) is 0 Å². The van der Waals surface area contributed by atoms with Gasteiger partial charge in [-0.2, -0.15) is 5.10 Å². The third-order valence-electron chi connectivity index (χ3n) is 5.81. The number of amides is 1. The van der Waals surface area contributed by atoms with Gasteiger partial charge in [-0.25, -0.2) is 13.9 Å². The van der Waals surface area contributed by atoms with Gasteiger partial charge in [0.15, 0.2) is 0 Å². The second-order valence-corrected chi connectivity index (χ2v) is 8.67. The fourth-order valence-corrected chi connectivity index (χ4v) is 4.25. The molecule has 0 radical (unpaired) electrons. The van der Waals surface area contributed by atoms with Crippen molar-refractivity contribution in [2.45, 2.75) is 19.8 Å². The molecule has 4 aromatic rings. The van der Waals surface area contributed by atoms with E-state index in [4.69, 9.17) is 5.11 Å². The quantitative estimate of drug-likeness (QED) is 0.427. The molecule has 0 aliphatic rings. The van der Waals surface area contributed by atoms with Crippen molar-refractivity contribution >= 4 is 22.8 Å². The summed E-state index contributed by atoms with van der Waals surface area (Å²) < 4.78 is 15.1. The molecule has 6 nitrogen and oxygen atoms in total. The molecule has 0 spiro atoms. The van der Waals surface area contributed by atoms with Crippen LogP contribution in [0.1, 0.15) is 30.9 Å². The highest BCUT2D eigenvalue weighted by atomic mass is 19.1. The predicted octanol–water partition coefficient (Wildman–Crippen LogP) is 4.52. The van der Waals surface area contributed by atoms with Crippen LogP contribution < -0.4 is 5.32 Å². The fourth-order valence-electron chi connectivity index (χ4n) is 4.25. The Bertz CT molecular complexity index is 1300. The lowest BCUT2D eigenvalue weighted by molar-refractivity contribution is -0.150. The zero-order valence-corrected chi connectivity index (χ0v) is 18.3. The van der Waals surface area contributed by atoms with Crippen molar-refractivity contribution < 1.29 is 19.1 Å². The number of benzene rings is 3. The summed E-state index contributed by atoms with van der Waals surface area (Å²) in [6.45, 7) is 4.18. The molecule has 0 bridgehead atoms. The van der Waals surface area contributed by atoms with Gasteiger partial charge in [-0.05, 0) is 52.9 Å². The van der Waals surface area contributed by atoms with Crippen LogP contribution in [0.3, 0.4) is 0 Å². The van der Waals surface area contributed by atoms with Crippen LogP contribution in [0.5, 0.6) is 0 Å². The van der Waals surface area contributed by atoms with E-state index < -0.39 is 17.3 Å². The molecular formula is C26H24FN3O3. The SMILES string of the molecule is CC(C)(CNC(=O)C(=O)O)C(c1ccccc1)c1ccc2c(cnn2-c2ccc(F)cc2)c1. The van der Waals surface area contributed by atoms with Gasteiger partial charge in [0.1, 0.15) is 5.82 Å². The zero-order chi connectivity index (χ0) is 23.6. The highest BCUT2D eigenvalue weighted by Crippen LogP contribution is 2.41. The molecule has 0 aliphatic carbocycles. The van der Waals surface area contributed by atoms with Crippen LogP contribution in [-0.4, -0.2) is 33.3 Å². The number of aromatic nitrogens is 2. The van der Waals surface area contributed by atoms with Crippen LogP contribution in [0.4, 0.5) is 4.39 Å². The summed E-state index contributed by atoms with van der Waals surface area (Å²) in [5, 5.41) is 16.9. The second kappa shape index (κ2) is 8.86. The summed E-state index contributed by atoms with van der Waals surface area (Å²) in [6, 6.07) is 22.1. The van der Waals surface area contributed by atoms with Gasteiger partial charge in [0.05, 0.1) is 17.4 Å². The van der Waals surface area contributed by atoms with Crippen LogP contribution in [-0.2, 0) is 9.59 Å². The van der Waals surface area contributed by atoms with Gasteiger partial charge in [-0.3, -0.25) is 4.79 Å². The first-order valence-corrected chi connectivity index (χ1v) is 10.6. The molecule has 1 atom stereocenters. The number of carboxylic acids is 1. The molecule has 1 unspecified atom stereocenters. The number of halogens is 1. The highest BCUT2D eigenvalue weighted by Gasteiger charge is 2.33. The average molecular weight is 445 g/mol. The maximum absolute atomic E-state index is 13.3. The summed E-state index contributed by atoms with van der Waals surface area (Å²) in [6.07, 6.45) is 1.77. The van der Waals surface area contributed by atoms with E-state index in [0.29, 0.717) is 0 Å². The number of nitrogens with one attached hydrogen (secondary N) is 1. The number of hydrogen-bond donors (Lipinski definition) is 2. The van der Waals surface area contributed by atoms with Gasteiger partial charge in [0, 0.05) is 17.8 Å². The lowest BCUT2D eigenvalue weighted by Crippen LogP contribution is -2.40. The summed E-state index contributed by atoms with van der Waals surface area (Å²) in [5.74, 6) is -2.95. The molecule has 0 aliphatic heterocycles. The first-order valence-electron chi connectivity index (χ1n) is 10.6. The Hall–Kier alpha value is -4.00. The van der Waals surface area contributed by atoms with Crippen molar-refractivity contribution in [1.29, 1.82) is 0 Å². The molecule has 168 valence electrons. The van der Waals surface area contributed by atoms with E-state index in [9.17, 15) is 14.0 Å². The van der Waals surface area contributed by atoms with E-state index in [1.807, 2.05) is 56.3 Å². The van der Waals surface area contributed by atoms with Crippen molar-refractivity contribution in [3.8, 4) is 5.69 Å². The molecular weight excluding hydrogens is 421 g/mol. The standard InChI is InChI=1S/C26H24FN3O3/c1-26(2,16-28-24(31)25(32)33)23(17-6-4-3-5-7-17)18-8-13-22-19(14-18)15-29-30(22)21-11-9-20(27)10-12-21/h3-15,23H,16H2,1-2H3,(H,28,31)(H,32,33). The summed E-state index contributed by atoms with van der Waals surface area (Å²) in [4.78, 5) is 22.6. The summed E-state index contributed by atoms with van der Waals surface area (Å²) in [5.41, 5.74) is 3.22. The number of nitrogens with zero attached hydrogens (tertiary/aromatic N) is 2. The normalized spacial score (nSPS) is 12.5. The Morgan fingerprint density at radius 2 is 1.73 bits per heavy atom. The predicted molar refractivity (Wildman–Crippen MR) is 124 cm³/mol. The number of rotatable bonds is 6. The average Bonchev–Trinajstić information content (AvgIpc) is 3.22. The van der Waals surface area contributed by atoms with Crippen LogP contribution in [0.15, 0.2) is 79.0 Å². The van der Waals surface area contributed by atoms with E-state index in [2.05, 4.69) is 16.5 Å². The Morgan fingerprint density at radius 3 is 2.39 bits per heavy atom. The summed E-state index contributed by atoms with van der Waals surface area (Å²) in [7, 11) is 0. The molecule has 1 amide bonds.